The summed E-state index contributed by atoms with van der Waals surface area (Å²) >= 11 is 0. The molecule has 0 atom stereocenters. The second kappa shape index (κ2) is 38.0. The van der Waals surface area contributed by atoms with Crippen molar-refractivity contribution >= 4 is 94.2 Å². The Bertz CT molecular complexity index is 1210. The van der Waals surface area contributed by atoms with Crippen LogP contribution in [0.4, 0.5) is 0 Å². The second-order valence-electron chi connectivity index (χ2n) is 26.9. The first-order valence-corrected chi connectivity index (χ1v) is 55.2. The van der Waals surface area contributed by atoms with E-state index in [1.807, 2.05) is 0 Å². The van der Waals surface area contributed by atoms with Gasteiger partial charge in [0.05, 0.1) is 0 Å². The van der Waals surface area contributed by atoms with Gasteiger partial charge in [0.1, 0.15) is 0 Å². The van der Waals surface area contributed by atoms with Crippen LogP contribution in [0, 0.1) is 0 Å². The zero-order valence-electron chi connectivity index (χ0n) is 56.2. The zero-order chi connectivity index (χ0) is 64.7. The van der Waals surface area contributed by atoms with Gasteiger partial charge < -0.3 is 82.9 Å². The van der Waals surface area contributed by atoms with Crippen molar-refractivity contribution in [3.8, 4) is 0 Å². The summed E-state index contributed by atoms with van der Waals surface area (Å²) < 4.78 is 46.6. The van der Waals surface area contributed by atoms with Crippen LogP contribution in [0.2, 0.25) is 134 Å². The van der Waals surface area contributed by atoms with Crippen LogP contribution in [-0.2, 0) is 25.3 Å². The molecule has 0 unspecified atom stereocenters. The van der Waals surface area contributed by atoms with Crippen LogP contribution in [0.15, 0.2) is 0 Å². The summed E-state index contributed by atoms with van der Waals surface area (Å²) in [6, 6.07) is 0. The summed E-state index contributed by atoms with van der Waals surface area (Å²) in [4.78, 5) is 98.6. The molecule has 0 bridgehead atoms. The van der Waals surface area contributed by atoms with Gasteiger partial charge in [0.2, 0.25) is 0 Å². The largest absolute Gasteiger partial charge is 0.640 e. The third-order valence-electron chi connectivity index (χ3n) is 10.6. The predicted molar refractivity (Wildman–Crippen MR) is 348 cm³/mol. The molecule has 0 aliphatic heterocycles. The maximum atomic E-state index is 8.22. The second-order valence-corrected chi connectivity index (χ2v) is 67.4. The molecule has 0 aromatic heterocycles. The Balaban J connectivity index is -0.000000261. The zero-order valence-corrected chi connectivity index (χ0v) is 67.2. The first-order valence-electron chi connectivity index (χ1n) is 27.9. The summed E-state index contributed by atoms with van der Waals surface area (Å²) in [5, 5.41) is 0. The van der Waals surface area contributed by atoms with E-state index in [9.17, 15) is 0 Å². The highest BCUT2D eigenvalue weighted by atomic mass is 28.5. The quantitative estimate of drug-likeness (QED) is 0.0449. The van der Waals surface area contributed by atoms with Crippen LogP contribution in [-0.4, -0.2) is 164 Å². The number of rotatable bonds is 22. The Morgan fingerprint density at radius 1 is 0.208 bits per heavy atom. The van der Waals surface area contributed by atoms with Crippen molar-refractivity contribution in [3.05, 3.63) is 0 Å². The third kappa shape index (κ3) is 48.6. The van der Waals surface area contributed by atoms with Crippen molar-refractivity contribution in [1.82, 2.24) is 0 Å². The van der Waals surface area contributed by atoms with Crippen molar-refractivity contribution in [3.63, 3.8) is 0 Å². The molecule has 476 valence electrons. The smallest absolute Gasteiger partial charge is 0.411 e. The minimum atomic E-state index is -4.10. The molecular formula is C48H132O18Si11. The molecule has 0 rings (SSSR count). The van der Waals surface area contributed by atoms with Crippen LogP contribution in [0.3, 0.4) is 0 Å². The Morgan fingerprint density at radius 3 is 0.403 bits per heavy atom. The van der Waals surface area contributed by atoms with Gasteiger partial charge in [-0.25, -0.2) is 0 Å². The minimum Gasteiger partial charge on any atom is -0.411 e. The number of hydrogen-bond donors (Lipinski definition) is 12. The van der Waals surface area contributed by atoms with Crippen molar-refractivity contribution in [1.29, 1.82) is 0 Å². The Morgan fingerprint density at radius 2 is 0.325 bits per heavy atom. The van der Waals surface area contributed by atoms with Crippen LogP contribution < -0.4 is 0 Å². The highest BCUT2D eigenvalue weighted by Gasteiger charge is 2.69. The normalized spacial score (nSPS) is 13.9. The van der Waals surface area contributed by atoms with Gasteiger partial charge in [-0.1, -0.05) is 138 Å². The van der Waals surface area contributed by atoms with Gasteiger partial charge in [0, 0.05) is 12.2 Å². The van der Waals surface area contributed by atoms with Crippen molar-refractivity contribution in [2.75, 3.05) is 0 Å². The van der Waals surface area contributed by atoms with E-state index < -0.39 is 94.2 Å². The van der Waals surface area contributed by atoms with Crippen LogP contribution in [0.25, 0.3) is 0 Å². The van der Waals surface area contributed by atoms with Crippen molar-refractivity contribution < 1.29 is 82.9 Å². The molecular weight excluding hydrogens is 1170 g/mol. The van der Waals surface area contributed by atoms with Crippen molar-refractivity contribution in [2.24, 2.45) is 0 Å². The maximum absolute atomic E-state index is 8.22. The molecule has 0 aromatic rings. The fourth-order valence-electron chi connectivity index (χ4n) is 8.79. The fourth-order valence-corrected chi connectivity index (χ4v) is 41.7. The lowest BCUT2D eigenvalue weighted by atomic mass is 10.5. The molecule has 0 aliphatic rings. The predicted octanol–water partition coefficient (Wildman–Crippen LogP) is 11.3. The highest BCUT2D eigenvalue weighted by Crippen LogP contribution is 2.53. The average molecular weight is 1310 g/mol. The Kier molecular flexibility index (Phi) is 45.5. The minimum absolute atomic E-state index is 0.00752. The van der Waals surface area contributed by atoms with Gasteiger partial charge in [-0.15, -0.1) is 0 Å². The summed E-state index contributed by atoms with van der Waals surface area (Å²) in [5.41, 5.74) is 2.50. The van der Waals surface area contributed by atoms with E-state index in [2.05, 4.69) is 166 Å². The third-order valence-corrected chi connectivity index (χ3v) is 39.0. The summed E-state index contributed by atoms with van der Waals surface area (Å²) in [7, 11) is -31.2. The Labute approximate surface area is 486 Å². The van der Waals surface area contributed by atoms with E-state index >= 15 is 0 Å². The molecule has 0 spiro atoms. The summed E-state index contributed by atoms with van der Waals surface area (Å²) in [5.74, 6) is 0. The molecule has 0 aromatic carbocycles. The molecule has 0 saturated carbocycles. The average Bonchev–Trinajstić information content (AvgIpc) is 3.06. The van der Waals surface area contributed by atoms with Gasteiger partial charge in [-0.3, -0.25) is 0 Å². The first-order chi connectivity index (χ1) is 33.1. The molecule has 0 amide bonds. The lowest BCUT2D eigenvalue weighted by molar-refractivity contribution is 0.0593. The first kappa shape index (κ1) is 92.4. The van der Waals surface area contributed by atoms with E-state index in [1.54, 1.807) is 0 Å². The SMILES string of the molecule is CC(C)O[Si](O[Si](O[Si](OC(C)C)(C(C)C)C(C)C)(O[Si](C(C)C)(C(C)C)C(C)C)O[Si](C(C)C)(C(C)C)C(C)C)(C(C)C)C(C)C.C[Si](C)(O)O.C[Si](C)(O)O.C[Si](C)(O)O.C[Si](C)(O)O.C[Si](C)(O)O.C[Si](C)(O)O. The van der Waals surface area contributed by atoms with E-state index in [1.165, 1.54) is 78.6 Å². The molecule has 0 aliphatic carbocycles. The maximum Gasteiger partial charge on any atom is 0.640 e. The monoisotopic (exact) mass is 1300 g/mol. The fraction of sp³-hybridized carbons (Fsp3) is 1.00. The van der Waals surface area contributed by atoms with Crippen LogP contribution >= 0.6 is 0 Å². The van der Waals surface area contributed by atoms with E-state index in [0.29, 0.717) is 33.2 Å². The van der Waals surface area contributed by atoms with E-state index in [4.69, 9.17) is 82.9 Å². The molecule has 0 heterocycles. The lowest BCUT2D eigenvalue weighted by Crippen LogP contribution is -2.74. The molecule has 0 radical (unpaired) electrons. The highest BCUT2D eigenvalue weighted by molar-refractivity contribution is 6.94. The molecule has 77 heavy (non-hydrogen) atoms. The van der Waals surface area contributed by atoms with Crippen LogP contribution in [0.1, 0.15) is 166 Å². The number of hydrogen-bond acceptors (Lipinski definition) is 18. The molecule has 12 N–H and O–H groups in total. The molecule has 29 heteroatoms. The van der Waals surface area contributed by atoms with Crippen molar-refractivity contribution in [2.45, 2.75) is 312 Å². The molecule has 0 saturated heterocycles. The topological polar surface area (TPSA) is 298 Å². The van der Waals surface area contributed by atoms with E-state index in [0.717, 1.165) is 0 Å². The summed E-state index contributed by atoms with van der Waals surface area (Å²) in [6.45, 7) is 72.1. The van der Waals surface area contributed by atoms with Gasteiger partial charge in [0.25, 0.3) is 0 Å². The Hall–Kier alpha value is 1.67. The van der Waals surface area contributed by atoms with Gasteiger partial charge in [-0.05, 0) is 162 Å². The van der Waals surface area contributed by atoms with Gasteiger partial charge in [-0.2, -0.15) is 0 Å². The van der Waals surface area contributed by atoms with Gasteiger partial charge >= 0.3 is 77.5 Å². The summed E-state index contributed by atoms with van der Waals surface area (Å²) in [6.07, 6.45) is -0.0150. The van der Waals surface area contributed by atoms with E-state index in [-0.39, 0.29) is 34.4 Å². The standard InChI is InChI=1S/C36H84O6Si5.6C2H8O2Si/c1-25(2)37-45(33(17)18,34(19)20)41-47(39-43(27(5)6,28(7)8)29(9)10,40-44(30(11)12,31(13)14)32(15)16)42-46(35(21)22,36(23)24)38-26(3)4;6*1-5(2,3)4/h25-36H,1-24H3;6*3-4H,1-2H3. The van der Waals surface area contributed by atoms with Gasteiger partial charge in [0.15, 0.2) is 16.6 Å². The lowest BCUT2D eigenvalue weighted by Gasteiger charge is -2.56. The molecule has 0 fully saturated rings. The molecule has 18 nitrogen and oxygen atoms in total. The van der Waals surface area contributed by atoms with Crippen LogP contribution in [0.5, 0.6) is 0 Å².